The SMILES string of the molecule is COc1ccc(C(OC[C@H]2O[C@@H](n3cnc4c(=O)[nH]cnc43)[C@H](OCc3ccccc3)[C@@H]2OP(OCCC#N)N(C(C)C)C(C)C)(c2ccccc2)c2ccc(OC)cc2)cc1. The van der Waals surface area contributed by atoms with Crippen molar-refractivity contribution in [2.45, 2.75) is 82.9 Å². The highest BCUT2D eigenvalue weighted by atomic mass is 31.2. The Kier molecular flexibility index (Phi) is 14.8. The highest BCUT2D eigenvalue weighted by molar-refractivity contribution is 7.44. The van der Waals surface area contributed by atoms with E-state index in [1.54, 1.807) is 25.1 Å². The van der Waals surface area contributed by atoms with Gasteiger partial charge < -0.3 is 37.7 Å². The minimum Gasteiger partial charge on any atom is -0.497 e. The minimum absolute atomic E-state index is 0.00924. The third-order valence-electron chi connectivity index (χ3n) is 10.7. The van der Waals surface area contributed by atoms with Gasteiger partial charge in [-0.1, -0.05) is 84.9 Å². The Hall–Kier alpha value is -5.49. The molecule has 62 heavy (non-hydrogen) atoms. The summed E-state index contributed by atoms with van der Waals surface area (Å²) in [4.78, 5) is 24.5. The zero-order valence-corrected chi connectivity index (χ0v) is 36.7. The number of imidazole rings is 1. The summed E-state index contributed by atoms with van der Waals surface area (Å²) < 4.78 is 50.2. The maximum absolute atomic E-state index is 13.0. The molecule has 14 nitrogen and oxygen atoms in total. The van der Waals surface area contributed by atoms with E-state index in [1.807, 2.05) is 109 Å². The van der Waals surface area contributed by atoms with Crippen molar-refractivity contribution >= 4 is 19.7 Å². The van der Waals surface area contributed by atoms with Crippen molar-refractivity contribution in [2.75, 3.05) is 27.4 Å². The summed E-state index contributed by atoms with van der Waals surface area (Å²) in [6, 6.07) is 37.8. The van der Waals surface area contributed by atoms with E-state index in [1.165, 1.54) is 6.33 Å². The van der Waals surface area contributed by atoms with E-state index >= 15 is 0 Å². The molecule has 15 heteroatoms. The molecule has 6 aromatic rings. The molecule has 1 aliphatic rings. The van der Waals surface area contributed by atoms with Crippen LogP contribution in [0, 0.1) is 11.3 Å². The van der Waals surface area contributed by atoms with Crippen LogP contribution in [0.4, 0.5) is 0 Å². The summed E-state index contributed by atoms with van der Waals surface area (Å²) in [6.45, 7) is 8.72. The summed E-state index contributed by atoms with van der Waals surface area (Å²) in [6.07, 6.45) is -0.243. The van der Waals surface area contributed by atoms with E-state index in [4.69, 9.17) is 32.7 Å². The van der Waals surface area contributed by atoms with Crippen LogP contribution in [0.1, 0.15) is 62.6 Å². The highest BCUT2D eigenvalue weighted by Gasteiger charge is 2.52. The fourth-order valence-electron chi connectivity index (χ4n) is 7.87. The Morgan fingerprint density at radius 2 is 1.44 bits per heavy atom. The number of ether oxygens (including phenoxy) is 5. The number of nitriles is 1. The Morgan fingerprint density at radius 1 is 0.839 bits per heavy atom. The number of nitrogens with zero attached hydrogens (tertiary/aromatic N) is 5. The first-order valence-electron chi connectivity index (χ1n) is 20.6. The maximum atomic E-state index is 13.0. The average Bonchev–Trinajstić information content (AvgIpc) is 3.88. The first-order valence-corrected chi connectivity index (χ1v) is 21.8. The van der Waals surface area contributed by atoms with Gasteiger partial charge in [-0.3, -0.25) is 9.36 Å². The zero-order chi connectivity index (χ0) is 43.6. The smallest absolute Gasteiger partial charge is 0.278 e. The van der Waals surface area contributed by atoms with Crippen molar-refractivity contribution in [1.29, 1.82) is 5.26 Å². The lowest BCUT2D eigenvalue weighted by molar-refractivity contribution is -0.0963. The van der Waals surface area contributed by atoms with Crippen molar-refractivity contribution in [3.63, 3.8) is 0 Å². The number of benzene rings is 4. The predicted molar refractivity (Wildman–Crippen MR) is 235 cm³/mol. The van der Waals surface area contributed by atoms with Crippen molar-refractivity contribution < 1.29 is 32.7 Å². The van der Waals surface area contributed by atoms with Gasteiger partial charge in [-0.05, 0) is 74.2 Å². The Morgan fingerprint density at radius 3 is 2.02 bits per heavy atom. The summed E-state index contributed by atoms with van der Waals surface area (Å²) in [5.74, 6) is 1.40. The van der Waals surface area contributed by atoms with Crippen molar-refractivity contribution in [3.05, 3.63) is 154 Å². The predicted octanol–water partition coefficient (Wildman–Crippen LogP) is 8.29. The van der Waals surface area contributed by atoms with E-state index in [0.29, 0.717) is 17.1 Å². The summed E-state index contributed by atoms with van der Waals surface area (Å²) in [5, 5.41) is 9.53. The number of hydrogen-bond acceptors (Lipinski definition) is 12. The Balaban J connectivity index is 1.38. The number of rotatable bonds is 20. The maximum Gasteiger partial charge on any atom is 0.278 e. The topological polar surface area (TPSA) is 155 Å². The van der Waals surface area contributed by atoms with Crippen LogP contribution in [0.5, 0.6) is 11.5 Å². The lowest BCUT2D eigenvalue weighted by atomic mass is 9.80. The van der Waals surface area contributed by atoms with Crippen molar-refractivity contribution in [1.82, 2.24) is 24.2 Å². The lowest BCUT2D eigenvalue weighted by Crippen LogP contribution is -2.43. The fourth-order valence-corrected chi connectivity index (χ4v) is 9.64. The van der Waals surface area contributed by atoms with Gasteiger partial charge in [0, 0.05) is 12.1 Å². The van der Waals surface area contributed by atoms with E-state index in [0.717, 1.165) is 22.3 Å². The third kappa shape index (κ3) is 9.60. The van der Waals surface area contributed by atoms with E-state index in [-0.39, 0.29) is 49.4 Å². The molecule has 0 radical (unpaired) electrons. The van der Waals surface area contributed by atoms with Gasteiger partial charge in [0.05, 0.1) is 59.2 Å². The van der Waals surface area contributed by atoms with Gasteiger partial charge in [0.1, 0.15) is 35.4 Å². The molecule has 0 amide bonds. The second kappa shape index (κ2) is 20.6. The summed E-state index contributed by atoms with van der Waals surface area (Å²) >= 11 is 0. The van der Waals surface area contributed by atoms with Gasteiger partial charge in [0.2, 0.25) is 0 Å². The number of aromatic amines is 1. The van der Waals surface area contributed by atoms with Crippen molar-refractivity contribution in [2.24, 2.45) is 0 Å². The molecule has 3 heterocycles. The normalized spacial score (nSPS) is 18.4. The van der Waals surface area contributed by atoms with Gasteiger partial charge in [0.15, 0.2) is 17.4 Å². The number of methoxy groups -OCH3 is 2. The van der Waals surface area contributed by atoms with Crippen LogP contribution < -0.4 is 15.0 Å². The van der Waals surface area contributed by atoms with Gasteiger partial charge in [-0.25, -0.2) is 14.6 Å². The third-order valence-corrected chi connectivity index (χ3v) is 12.8. The molecule has 1 fully saturated rings. The molecular formula is C47H53N6O8P. The monoisotopic (exact) mass is 860 g/mol. The summed E-state index contributed by atoms with van der Waals surface area (Å²) in [5.41, 5.74) is 2.41. The molecule has 0 aliphatic carbocycles. The van der Waals surface area contributed by atoms with Crippen LogP contribution in [0.15, 0.2) is 127 Å². The van der Waals surface area contributed by atoms with Crippen LogP contribution in [0.2, 0.25) is 0 Å². The molecule has 1 aliphatic heterocycles. The number of H-pyrrole nitrogens is 1. The minimum atomic E-state index is -1.80. The van der Waals surface area contributed by atoms with Crippen LogP contribution in [0.3, 0.4) is 0 Å². The lowest BCUT2D eigenvalue weighted by Gasteiger charge is -2.39. The van der Waals surface area contributed by atoms with Crippen LogP contribution in [-0.4, -0.2) is 82.0 Å². The van der Waals surface area contributed by atoms with E-state index in [2.05, 4.69) is 53.4 Å². The van der Waals surface area contributed by atoms with Gasteiger partial charge >= 0.3 is 0 Å². The van der Waals surface area contributed by atoms with E-state index < -0.39 is 38.7 Å². The van der Waals surface area contributed by atoms with Gasteiger partial charge in [0.25, 0.3) is 14.1 Å². The van der Waals surface area contributed by atoms with Gasteiger partial charge in [-0.2, -0.15) is 5.26 Å². The molecule has 0 bridgehead atoms. The number of hydrogen-bond donors (Lipinski definition) is 1. The molecule has 7 rings (SSSR count). The van der Waals surface area contributed by atoms with Crippen molar-refractivity contribution in [3.8, 4) is 17.6 Å². The molecule has 0 saturated carbocycles. The highest BCUT2D eigenvalue weighted by Crippen LogP contribution is 2.51. The first kappa shape index (κ1) is 44.6. The second-order valence-corrected chi connectivity index (χ2v) is 16.7. The second-order valence-electron chi connectivity index (χ2n) is 15.3. The molecule has 0 spiro atoms. The molecule has 5 atom stereocenters. The number of nitrogens with one attached hydrogen (secondary N) is 1. The molecular weight excluding hydrogens is 808 g/mol. The largest absolute Gasteiger partial charge is 0.497 e. The van der Waals surface area contributed by atoms with Crippen LogP contribution >= 0.6 is 8.53 Å². The van der Waals surface area contributed by atoms with E-state index in [9.17, 15) is 10.1 Å². The Labute approximate surface area is 363 Å². The molecule has 324 valence electrons. The first-order chi connectivity index (χ1) is 30.2. The van der Waals surface area contributed by atoms with Crippen LogP contribution in [0.25, 0.3) is 11.2 Å². The fraction of sp³-hybridized carbons (Fsp3) is 0.362. The molecule has 1 unspecified atom stereocenters. The Bertz CT molecular complexity index is 2370. The van der Waals surface area contributed by atoms with Gasteiger partial charge in [-0.15, -0.1) is 0 Å². The average molecular weight is 861 g/mol. The number of fused-ring (bicyclic) bond motifs is 1. The summed E-state index contributed by atoms with van der Waals surface area (Å²) in [7, 11) is 1.47. The molecule has 1 N–H and O–H groups in total. The molecule has 2 aromatic heterocycles. The molecule has 1 saturated heterocycles. The van der Waals surface area contributed by atoms with Crippen LogP contribution in [-0.2, 0) is 35.5 Å². The zero-order valence-electron chi connectivity index (χ0n) is 35.8. The standard InChI is InChI=1S/C47H53N6O8P/c1-32(2)53(33(3)4)62(59-27-13-26-48)61-42-40(60-46(43(42)57-28-34-14-9-7-10-15-34)52-31-51-41-44(52)49-30-50-45(41)54)29-58-47(35-16-11-8-12-17-35,36-18-22-38(55-5)23-19-36)37-20-24-39(56-6)25-21-37/h7-12,14-25,30-33,40,42-43,46H,13,27-29H2,1-6H3,(H,49,50,54)/t40-,42-,43-,46-,62?/m1/s1. The molecule has 4 aromatic carbocycles. The quantitative estimate of drug-likeness (QED) is 0.0446. The number of aromatic nitrogens is 4.